The van der Waals surface area contributed by atoms with Crippen LogP contribution in [0.1, 0.15) is 20.8 Å². The van der Waals surface area contributed by atoms with Gasteiger partial charge in [-0.05, 0) is 33.9 Å². The molecule has 0 aliphatic heterocycles. The van der Waals surface area contributed by atoms with E-state index in [-0.39, 0.29) is 0 Å². The zero-order chi connectivity index (χ0) is 9.78. The minimum absolute atomic E-state index is 1.05. The van der Waals surface area contributed by atoms with E-state index in [1.807, 2.05) is 33.9 Å². The number of hydroxylamine groups is 1. The largest absolute Gasteiger partial charge is 0.397 e. The number of nitrogens with one attached hydrogen (secondary N) is 1. The molecule has 0 rings (SSSR count). The van der Waals surface area contributed by atoms with Gasteiger partial charge < -0.3 is 4.43 Å². The molecule has 0 unspecified atom stereocenters. The van der Waals surface area contributed by atoms with E-state index in [4.69, 9.17) is 8.95 Å². The van der Waals surface area contributed by atoms with Gasteiger partial charge in [-0.2, -0.15) is 0 Å². The molecule has 0 aliphatic rings. The summed E-state index contributed by atoms with van der Waals surface area (Å²) in [5.74, 6) is 0. The maximum Gasteiger partial charge on any atom is 0.358 e. The van der Waals surface area contributed by atoms with Gasteiger partial charge in [0.25, 0.3) is 0 Å². The van der Waals surface area contributed by atoms with E-state index in [0.717, 1.165) is 5.70 Å². The molecule has 0 aromatic carbocycles. The molecular weight excluding hydrogens is 170 g/mol. The predicted octanol–water partition coefficient (Wildman–Crippen LogP) is 2.17. The Kier molecular flexibility index (Phi) is 4.52. The Balaban J connectivity index is 3.92. The highest BCUT2D eigenvalue weighted by molar-refractivity contribution is 6.64. The van der Waals surface area contributed by atoms with Gasteiger partial charge in [0.15, 0.2) is 0 Å². The van der Waals surface area contributed by atoms with E-state index in [2.05, 4.69) is 5.48 Å². The maximum absolute atomic E-state index is 5.41. The highest BCUT2D eigenvalue weighted by atomic mass is 28.4. The standard InChI is InChI=1S/C8H19NO2Si/c1-7(2)8(3)9-11-12(5,6)10-4/h9H,1-6H3. The van der Waals surface area contributed by atoms with Crippen molar-refractivity contribution in [2.45, 2.75) is 33.9 Å². The Morgan fingerprint density at radius 2 is 1.67 bits per heavy atom. The van der Waals surface area contributed by atoms with E-state index in [9.17, 15) is 0 Å². The van der Waals surface area contributed by atoms with Crippen LogP contribution in [0.2, 0.25) is 13.1 Å². The van der Waals surface area contributed by atoms with Gasteiger partial charge in [0.2, 0.25) is 0 Å². The van der Waals surface area contributed by atoms with Crippen LogP contribution in [0.5, 0.6) is 0 Å². The summed E-state index contributed by atoms with van der Waals surface area (Å²) < 4.78 is 10.6. The first-order valence-electron chi connectivity index (χ1n) is 4.02. The van der Waals surface area contributed by atoms with Crippen LogP contribution in [0.3, 0.4) is 0 Å². The molecule has 0 saturated heterocycles. The lowest BCUT2D eigenvalue weighted by atomic mass is 10.3. The van der Waals surface area contributed by atoms with Gasteiger partial charge in [0, 0.05) is 12.8 Å². The Morgan fingerprint density at radius 1 is 1.17 bits per heavy atom. The summed E-state index contributed by atoms with van der Waals surface area (Å²) in [4.78, 5) is 0. The molecule has 0 aliphatic carbocycles. The molecule has 0 fully saturated rings. The normalized spacial score (nSPS) is 11.2. The van der Waals surface area contributed by atoms with Gasteiger partial charge in [-0.1, -0.05) is 5.57 Å². The number of allylic oxidation sites excluding steroid dienone is 2. The lowest BCUT2D eigenvalue weighted by Crippen LogP contribution is -2.38. The Bertz CT molecular complexity index is 174. The molecule has 0 radical (unpaired) electrons. The van der Waals surface area contributed by atoms with Crippen LogP contribution in [0.25, 0.3) is 0 Å². The fraction of sp³-hybridized carbons (Fsp3) is 0.750. The third-order valence-electron chi connectivity index (χ3n) is 1.69. The quantitative estimate of drug-likeness (QED) is 0.543. The monoisotopic (exact) mass is 189 g/mol. The van der Waals surface area contributed by atoms with Crippen molar-refractivity contribution in [3.8, 4) is 0 Å². The number of hydrogen-bond donors (Lipinski definition) is 1. The van der Waals surface area contributed by atoms with E-state index in [1.54, 1.807) is 7.11 Å². The molecule has 0 heterocycles. The zero-order valence-electron chi connectivity index (χ0n) is 8.82. The molecule has 0 amide bonds. The average molecular weight is 189 g/mol. The molecule has 0 spiro atoms. The minimum Gasteiger partial charge on any atom is -0.397 e. The molecule has 72 valence electrons. The fourth-order valence-corrected chi connectivity index (χ4v) is 0.825. The van der Waals surface area contributed by atoms with Crippen LogP contribution in [0.15, 0.2) is 11.3 Å². The highest BCUT2D eigenvalue weighted by Gasteiger charge is 2.23. The second-order valence-corrected chi connectivity index (χ2v) is 6.85. The first kappa shape index (κ1) is 11.7. The van der Waals surface area contributed by atoms with Crippen LogP contribution >= 0.6 is 0 Å². The predicted molar refractivity (Wildman–Crippen MR) is 52.8 cm³/mol. The first-order chi connectivity index (χ1) is 5.39. The molecule has 0 saturated carbocycles. The summed E-state index contributed by atoms with van der Waals surface area (Å²) in [7, 11) is -0.259. The summed E-state index contributed by atoms with van der Waals surface area (Å²) in [5, 5.41) is 0. The third kappa shape index (κ3) is 4.53. The number of rotatable bonds is 4. The van der Waals surface area contributed by atoms with Crippen molar-refractivity contribution in [3.63, 3.8) is 0 Å². The van der Waals surface area contributed by atoms with Gasteiger partial charge >= 0.3 is 8.56 Å². The van der Waals surface area contributed by atoms with Crippen molar-refractivity contribution < 1.29 is 8.95 Å². The van der Waals surface area contributed by atoms with Crippen molar-refractivity contribution >= 4 is 8.56 Å². The molecule has 0 aromatic rings. The van der Waals surface area contributed by atoms with Crippen molar-refractivity contribution in [1.29, 1.82) is 0 Å². The van der Waals surface area contributed by atoms with Gasteiger partial charge in [-0.25, -0.2) is 0 Å². The summed E-state index contributed by atoms with van der Waals surface area (Å²) in [6.45, 7) is 10.0. The van der Waals surface area contributed by atoms with Crippen LogP contribution in [-0.4, -0.2) is 15.7 Å². The second-order valence-electron chi connectivity index (χ2n) is 3.43. The maximum atomic E-state index is 5.41. The topological polar surface area (TPSA) is 30.5 Å². The van der Waals surface area contributed by atoms with Crippen molar-refractivity contribution in [1.82, 2.24) is 5.48 Å². The molecular formula is C8H19NO2Si. The second kappa shape index (κ2) is 4.64. The zero-order valence-corrected chi connectivity index (χ0v) is 9.82. The molecule has 3 nitrogen and oxygen atoms in total. The average Bonchev–Trinajstić information content (AvgIpc) is 2.00. The lowest BCUT2D eigenvalue weighted by molar-refractivity contribution is 0.150. The summed E-state index contributed by atoms with van der Waals surface area (Å²) >= 11 is 0. The molecule has 0 atom stereocenters. The highest BCUT2D eigenvalue weighted by Crippen LogP contribution is 2.04. The van der Waals surface area contributed by atoms with Crippen LogP contribution in [0, 0.1) is 0 Å². The lowest BCUT2D eigenvalue weighted by Gasteiger charge is -2.21. The van der Waals surface area contributed by atoms with Gasteiger partial charge in [0.05, 0.1) is 0 Å². The Labute approximate surface area is 76.0 Å². The van der Waals surface area contributed by atoms with Gasteiger partial charge in [-0.15, -0.1) is 0 Å². The Morgan fingerprint density at radius 3 is 2.00 bits per heavy atom. The minimum atomic E-state index is -1.93. The SMILES string of the molecule is CO[Si](C)(C)ONC(C)=C(C)C. The third-order valence-corrected chi connectivity index (χ3v) is 3.27. The number of hydrogen-bond acceptors (Lipinski definition) is 3. The molecule has 0 bridgehead atoms. The van der Waals surface area contributed by atoms with Crippen LogP contribution < -0.4 is 5.48 Å². The summed E-state index contributed by atoms with van der Waals surface area (Å²) in [5.41, 5.74) is 5.16. The van der Waals surface area contributed by atoms with Crippen LogP contribution in [0.4, 0.5) is 0 Å². The molecule has 4 heteroatoms. The van der Waals surface area contributed by atoms with Gasteiger partial charge in [0.1, 0.15) is 0 Å². The molecule has 1 N–H and O–H groups in total. The smallest absolute Gasteiger partial charge is 0.358 e. The summed E-state index contributed by atoms with van der Waals surface area (Å²) in [6, 6.07) is 0. The van der Waals surface area contributed by atoms with Gasteiger partial charge in [-0.3, -0.25) is 10.0 Å². The van der Waals surface area contributed by atoms with Crippen molar-refractivity contribution in [3.05, 3.63) is 11.3 Å². The first-order valence-corrected chi connectivity index (χ1v) is 6.84. The Hall–Kier alpha value is -0.323. The van der Waals surface area contributed by atoms with E-state index in [1.165, 1.54) is 5.57 Å². The van der Waals surface area contributed by atoms with E-state index in [0.29, 0.717) is 0 Å². The van der Waals surface area contributed by atoms with E-state index >= 15 is 0 Å². The molecule has 0 aromatic heterocycles. The molecule has 12 heavy (non-hydrogen) atoms. The fourth-order valence-electron chi connectivity index (χ4n) is 0.343. The van der Waals surface area contributed by atoms with Crippen molar-refractivity contribution in [2.24, 2.45) is 0 Å². The summed E-state index contributed by atoms with van der Waals surface area (Å²) in [6.07, 6.45) is 0. The van der Waals surface area contributed by atoms with Crippen LogP contribution in [-0.2, 0) is 8.95 Å². The van der Waals surface area contributed by atoms with E-state index < -0.39 is 8.56 Å². The van der Waals surface area contributed by atoms with Crippen molar-refractivity contribution in [2.75, 3.05) is 7.11 Å².